The zero-order chi connectivity index (χ0) is 11.4. The lowest BCUT2D eigenvalue weighted by molar-refractivity contribution is 0.371. The predicted octanol–water partition coefficient (Wildman–Crippen LogP) is 3.02. The molecule has 1 heterocycles. The molecule has 0 atom stereocenters. The van der Waals surface area contributed by atoms with Crippen LogP contribution < -0.4 is 9.47 Å². The molecule has 2 rings (SSSR count). The third kappa shape index (κ3) is 2.28. The van der Waals surface area contributed by atoms with Gasteiger partial charge in [0.25, 0.3) is 0 Å². The van der Waals surface area contributed by atoms with Crippen molar-refractivity contribution in [3.8, 4) is 17.4 Å². The van der Waals surface area contributed by atoms with Gasteiger partial charge in [0.05, 0.1) is 7.11 Å². The quantitative estimate of drug-likeness (QED) is 0.795. The van der Waals surface area contributed by atoms with Gasteiger partial charge in [0.2, 0.25) is 5.88 Å². The zero-order valence-electron chi connectivity index (χ0n) is 8.68. The maximum absolute atomic E-state index is 12.9. The highest BCUT2D eigenvalue weighted by atomic mass is 19.1. The molecule has 0 saturated heterocycles. The molecular formula is C12H10FNO2. The van der Waals surface area contributed by atoms with Gasteiger partial charge in [-0.1, -0.05) is 6.07 Å². The van der Waals surface area contributed by atoms with E-state index in [0.717, 1.165) is 0 Å². The summed E-state index contributed by atoms with van der Waals surface area (Å²) >= 11 is 0. The summed E-state index contributed by atoms with van der Waals surface area (Å²) < 4.78 is 23.4. The number of benzene rings is 1. The van der Waals surface area contributed by atoms with E-state index in [0.29, 0.717) is 17.4 Å². The molecular weight excluding hydrogens is 209 g/mol. The Bertz CT molecular complexity index is 474. The highest BCUT2D eigenvalue weighted by Crippen LogP contribution is 2.30. The van der Waals surface area contributed by atoms with Crippen LogP contribution >= 0.6 is 0 Å². The minimum absolute atomic E-state index is 0.339. The predicted molar refractivity (Wildman–Crippen MR) is 57.3 cm³/mol. The van der Waals surface area contributed by atoms with Crippen molar-refractivity contribution in [2.24, 2.45) is 0 Å². The lowest BCUT2D eigenvalue weighted by Gasteiger charge is -2.08. The second kappa shape index (κ2) is 4.61. The maximum Gasteiger partial charge on any atom is 0.219 e. The number of hydrogen-bond acceptors (Lipinski definition) is 3. The van der Waals surface area contributed by atoms with Crippen LogP contribution in [0.5, 0.6) is 17.4 Å². The highest BCUT2D eigenvalue weighted by Gasteiger charge is 2.06. The Kier molecular flexibility index (Phi) is 3.00. The summed E-state index contributed by atoms with van der Waals surface area (Å²) in [5.74, 6) is 0.839. The minimum Gasteiger partial charge on any atom is -0.493 e. The third-order valence-corrected chi connectivity index (χ3v) is 1.98. The smallest absolute Gasteiger partial charge is 0.219 e. The van der Waals surface area contributed by atoms with Crippen molar-refractivity contribution in [2.75, 3.05) is 7.11 Å². The van der Waals surface area contributed by atoms with Gasteiger partial charge in [-0.25, -0.2) is 9.37 Å². The molecule has 0 aliphatic carbocycles. The van der Waals surface area contributed by atoms with Gasteiger partial charge in [0.15, 0.2) is 11.5 Å². The topological polar surface area (TPSA) is 31.4 Å². The number of hydrogen-bond donors (Lipinski definition) is 0. The lowest BCUT2D eigenvalue weighted by atomic mass is 10.3. The van der Waals surface area contributed by atoms with Gasteiger partial charge in [-0.15, -0.1) is 0 Å². The molecule has 0 fully saturated rings. The first-order valence-electron chi connectivity index (χ1n) is 4.72. The van der Waals surface area contributed by atoms with Crippen molar-refractivity contribution in [2.45, 2.75) is 0 Å². The third-order valence-electron chi connectivity index (χ3n) is 1.98. The molecule has 16 heavy (non-hydrogen) atoms. The number of halogens is 1. The Labute approximate surface area is 92.5 Å². The lowest BCUT2D eigenvalue weighted by Crippen LogP contribution is -1.92. The molecule has 0 saturated carbocycles. The van der Waals surface area contributed by atoms with E-state index in [-0.39, 0.29) is 5.82 Å². The molecule has 82 valence electrons. The van der Waals surface area contributed by atoms with E-state index in [1.807, 2.05) is 0 Å². The van der Waals surface area contributed by atoms with Crippen molar-refractivity contribution < 1.29 is 13.9 Å². The number of rotatable bonds is 3. The van der Waals surface area contributed by atoms with Crippen molar-refractivity contribution in [3.05, 3.63) is 48.4 Å². The fourth-order valence-electron chi connectivity index (χ4n) is 1.25. The van der Waals surface area contributed by atoms with Crippen molar-refractivity contribution >= 4 is 0 Å². The molecule has 1 aromatic carbocycles. The van der Waals surface area contributed by atoms with Gasteiger partial charge in [0.1, 0.15) is 5.82 Å². The summed E-state index contributed by atoms with van der Waals surface area (Å²) in [6.45, 7) is 0. The Morgan fingerprint density at radius 1 is 1.12 bits per heavy atom. The zero-order valence-corrected chi connectivity index (χ0v) is 8.68. The Morgan fingerprint density at radius 2 is 2.00 bits per heavy atom. The molecule has 0 aliphatic heterocycles. The Balaban J connectivity index is 2.28. The van der Waals surface area contributed by atoms with Crippen LogP contribution in [0.2, 0.25) is 0 Å². The number of nitrogens with zero attached hydrogens (tertiary/aromatic N) is 1. The van der Waals surface area contributed by atoms with Gasteiger partial charge in [0, 0.05) is 18.3 Å². The van der Waals surface area contributed by atoms with Crippen LogP contribution in [0.1, 0.15) is 0 Å². The van der Waals surface area contributed by atoms with Crippen LogP contribution in [0.25, 0.3) is 0 Å². The van der Waals surface area contributed by atoms with E-state index in [1.165, 1.54) is 25.3 Å². The van der Waals surface area contributed by atoms with Gasteiger partial charge in [-0.3, -0.25) is 0 Å². The van der Waals surface area contributed by atoms with E-state index in [9.17, 15) is 4.39 Å². The first kappa shape index (κ1) is 10.4. The summed E-state index contributed by atoms with van der Waals surface area (Å²) in [6, 6.07) is 9.37. The van der Waals surface area contributed by atoms with Crippen LogP contribution in [-0.2, 0) is 0 Å². The van der Waals surface area contributed by atoms with Gasteiger partial charge in [-0.2, -0.15) is 0 Å². The van der Waals surface area contributed by atoms with Gasteiger partial charge in [-0.05, 0) is 18.2 Å². The van der Waals surface area contributed by atoms with Gasteiger partial charge >= 0.3 is 0 Å². The van der Waals surface area contributed by atoms with E-state index >= 15 is 0 Å². The first-order valence-corrected chi connectivity index (χ1v) is 4.72. The van der Waals surface area contributed by atoms with Crippen LogP contribution in [0, 0.1) is 5.82 Å². The summed E-state index contributed by atoms with van der Waals surface area (Å²) in [7, 11) is 1.46. The molecule has 4 heteroatoms. The molecule has 0 bridgehead atoms. The molecule has 0 unspecified atom stereocenters. The Hall–Kier alpha value is -2.10. The SMILES string of the molecule is COc1cc(F)ccc1Oc1ccccn1. The standard InChI is InChI=1S/C12H10FNO2/c1-15-11-8-9(13)5-6-10(11)16-12-4-2-3-7-14-12/h2-8H,1H3. The number of aromatic nitrogens is 1. The Morgan fingerprint density at radius 3 is 2.69 bits per heavy atom. The molecule has 0 amide bonds. The summed E-state index contributed by atoms with van der Waals surface area (Å²) in [5, 5.41) is 0. The fraction of sp³-hybridized carbons (Fsp3) is 0.0833. The summed E-state index contributed by atoms with van der Waals surface area (Å²) in [5.41, 5.74) is 0. The monoisotopic (exact) mass is 219 g/mol. The highest BCUT2D eigenvalue weighted by molar-refractivity contribution is 5.41. The van der Waals surface area contributed by atoms with E-state index in [4.69, 9.17) is 9.47 Å². The van der Waals surface area contributed by atoms with E-state index < -0.39 is 0 Å². The summed E-state index contributed by atoms with van der Waals surface area (Å²) in [6.07, 6.45) is 1.62. The molecule has 2 aromatic rings. The average molecular weight is 219 g/mol. The minimum atomic E-state index is -0.370. The maximum atomic E-state index is 12.9. The normalized spacial score (nSPS) is 9.88. The molecule has 0 N–H and O–H groups in total. The average Bonchev–Trinajstić information content (AvgIpc) is 2.33. The van der Waals surface area contributed by atoms with Crippen molar-refractivity contribution in [1.29, 1.82) is 0 Å². The second-order valence-electron chi connectivity index (χ2n) is 3.07. The summed E-state index contributed by atoms with van der Waals surface area (Å²) in [4.78, 5) is 4.00. The molecule has 1 aromatic heterocycles. The fourth-order valence-corrected chi connectivity index (χ4v) is 1.25. The molecule has 0 aliphatic rings. The molecule has 0 spiro atoms. The molecule has 0 radical (unpaired) electrons. The largest absolute Gasteiger partial charge is 0.493 e. The van der Waals surface area contributed by atoms with Crippen LogP contribution in [0.3, 0.4) is 0 Å². The number of pyridine rings is 1. The van der Waals surface area contributed by atoms with Gasteiger partial charge < -0.3 is 9.47 Å². The van der Waals surface area contributed by atoms with Crippen LogP contribution in [-0.4, -0.2) is 12.1 Å². The van der Waals surface area contributed by atoms with Crippen molar-refractivity contribution in [1.82, 2.24) is 4.98 Å². The van der Waals surface area contributed by atoms with E-state index in [1.54, 1.807) is 24.4 Å². The van der Waals surface area contributed by atoms with Crippen molar-refractivity contribution in [3.63, 3.8) is 0 Å². The molecule has 3 nitrogen and oxygen atoms in total. The van der Waals surface area contributed by atoms with E-state index in [2.05, 4.69) is 4.98 Å². The number of ether oxygens (including phenoxy) is 2. The van der Waals surface area contributed by atoms with Crippen LogP contribution in [0.4, 0.5) is 4.39 Å². The van der Waals surface area contributed by atoms with Crippen LogP contribution in [0.15, 0.2) is 42.6 Å². The second-order valence-corrected chi connectivity index (χ2v) is 3.07. The first-order chi connectivity index (χ1) is 7.79. The number of methoxy groups -OCH3 is 1.